The van der Waals surface area contributed by atoms with E-state index in [4.69, 9.17) is 18.6 Å². The highest BCUT2D eigenvalue weighted by Gasteiger charge is 2.76. The normalized spacial score (nSPS) is 42.8. The molecule has 3 fully saturated rings. The van der Waals surface area contributed by atoms with Gasteiger partial charge in [-0.05, 0) is 57.2 Å². The molecule has 1 aromatic heterocycles. The molecular formula is C33H42O9. The number of hydrogen-bond acceptors (Lipinski definition) is 9. The Hall–Kier alpha value is -3.04. The molecule has 3 aliphatic carbocycles. The average molecular weight is 583 g/mol. The molecule has 228 valence electrons. The topological polar surface area (TPSA) is 129 Å². The number of fused-ring (bicyclic) bond motifs is 4. The van der Waals surface area contributed by atoms with Crippen LogP contribution in [-0.2, 0) is 33.4 Å². The molecule has 11 atom stereocenters. The number of aliphatic hydroxyl groups is 1. The number of ether oxygens (including phenoxy) is 3. The van der Waals surface area contributed by atoms with Crippen LogP contribution in [0.4, 0.5) is 0 Å². The van der Waals surface area contributed by atoms with Crippen LogP contribution in [0, 0.1) is 28.1 Å². The number of aldehydes is 2. The Morgan fingerprint density at radius 3 is 2.45 bits per heavy atom. The first-order chi connectivity index (χ1) is 19.8. The highest BCUT2D eigenvalue weighted by atomic mass is 16.6. The molecule has 0 bridgehead atoms. The summed E-state index contributed by atoms with van der Waals surface area (Å²) in [5, 5.41) is 11.5. The monoisotopic (exact) mass is 582 g/mol. The molecule has 2 heterocycles. The molecule has 1 N–H and O–H groups in total. The van der Waals surface area contributed by atoms with Gasteiger partial charge in [0.1, 0.15) is 30.9 Å². The number of rotatable bonds is 7. The molecule has 11 unspecified atom stereocenters. The van der Waals surface area contributed by atoms with E-state index in [0.717, 1.165) is 35.7 Å². The molecule has 1 saturated heterocycles. The maximum atomic E-state index is 13.2. The van der Waals surface area contributed by atoms with Gasteiger partial charge < -0.3 is 33.3 Å². The predicted molar refractivity (Wildman–Crippen MR) is 151 cm³/mol. The van der Waals surface area contributed by atoms with Crippen molar-refractivity contribution in [2.75, 3.05) is 0 Å². The standard InChI is InChI=1S/C33H42O9/c1-8-17(2)30(38)41-24-14-23(37)31(5,16-35)28-27(40-19(4)36)29-33(7,22(9-11-34)32(24,28)6)25-18(3)13-21(26(25)42-29)20-10-12-39-15-20/h8,10-12,15-16,21-24,26-29,37H,9,13-14H2,1-7H3. The van der Waals surface area contributed by atoms with Gasteiger partial charge in [-0.3, -0.25) is 4.79 Å². The summed E-state index contributed by atoms with van der Waals surface area (Å²) in [5.74, 6) is -2.43. The molecule has 2 saturated carbocycles. The Morgan fingerprint density at radius 1 is 1.17 bits per heavy atom. The molecule has 9 heteroatoms. The first kappa shape index (κ1) is 30.4. The third kappa shape index (κ3) is 4.10. The summed E-state index contributed by atoms with van der Waals surface area (Å²) in [6.45, 7) is 12.4. The van der Waals surface area contributed by atoms with Crippen molar-refractivity contribution in [1.29, 1.82) is 0 Å². The van der Waals surface area contributed by atoms with Crippen LogP contribution in [0.15, 0.2) is 45.8 Å². The molecule has 0 amide bonds. The second kappa shape index (κ2) is 10.6. The van der Waals surface area contributed by atoms with Gasteiger partial charge in [-0.25, -0.2) is 4.79 Å². The van der Waals surface area contributed by atoms with Crippen molar-refractivity contribution < 1.29 is 42.9 Å². The second-order valence-electron chi connectivity index (χ2n) is 13.3. The van der Waals surface area contributed by atoms with Crippen molar-refractivity contribution in [2.45, 2.75) is 104 Å². The van der Waals surface area contributed by atoms with Gasteiger partial charge in [-0.1, -0.05) is 25.5 Å². The Kier molecular flexibility index (Phi) is 7.67. The fraction of sp³-hybridized carbons (Fsp3) is 0.636. The van der Waals surface area contributed by atoms with Gasteiger partial charge in [0, 0.05) is 48.0 Å². The predicted octanol–water partition coefficient (Wildman–Crippen LogP) is 4.48. The van der Waals surface area contributed by atoms with Crippen LogP contribution in [-0.4, -0.2) is 60.1 Å². The van der Waals surface area contributed by atoms with Crippen LogP contribution in [0.2, 0.25) is 0 Å². The third-order valence-corrected chi connectivity index (χ3v) is 11.3. The fourth-order valence-corrected chi connectivity index (χ4v) is 9.30. The first-order valence-electron chi connectivity index (χ1n) is 14.8. The van der Waals surface area contributed by atoms with E-state index in [9.17, 15) is 24.3 Å². The van der Waals surface area contributed by atoms with Gasteiger partial charge >= 0.3 is 11.9 Å². The van der Waals surface area contributed by atoms with Crippen molar-refractivity contribution in [1.82, 2.24) is 0 Å². The molecular weight excluding hydrogens is 540 g/mol. The Bertz CT molecular complexity index is 1330. The number of allylic oxidation sites excluding steroid dienone is 2. The van der Waals surface area contributed by atoms with Crippen molar-refractivity contribution in [3.63, 3.8) is 0 Å². The van der Waals surface area contributed by atoms with E-state index >= 15 is 0 Å². The summed E-state index contributed by atoms with van der Waals surface area (Å²) < 4.78 is 24.6. The molecule has 5 rings (SSSR count). The Labute approximate surface area is 246 Å². The number of furan rings is 1. The van der Waals surface area contributed by atoms with Gasteiger partial charge in [-0.15, -0.1) is 0 Å². The summed E-state index contributed by atoms with van der Waals surface area (Å²) in [4.78, 5) is 51.4. The summed E-state index contributed by atoms with van der Waals surface area (Å²) in [6, 6.07) is 1.92. The minimum absolute atomic E-state index is 0.00612. The number of carbonyl (C=O) groups excluding carboxylic acids is 4. The summed E-state index contributed by atoms with van der Waals surface area (Å²) >= 11 is 0. The zero-order chi connectivity index (χ0) is 30.8. The Balaban J connectivity index is 1.76. The number of hydrogen-bond donors (Lipinski definition) is 1. The maximum absolute atomic E-state index is 13.2. The quantitative estimate of drug-likeness (QED) is 0.214. The minimum atomic E-state index is -1.38. The smallest absolute Gasteiger partial charge is 0.333 e. The molecule has 0 radical (unpaired) electrons. The van der Waals surface area contributed by atoms with Gasteiger partial charge in [0.25, 0.3) is 0 Å². The van der Waals surface area contributed by atoms with Crippen LogP contribution >= 0.6 is 0 Å². The highest BCUT2D eigenvalue weighted by Crippen LogP contribution is 2.72. The van der Waals surface area contributed by atoms with Crippen LogP contribution in [0.3, 0.4) is 0 Å². The lowest BCUT2D eigenvalue weighted by Crippen LogP contribution is -2.73. The van der Waals surface area contributed by atoms with Crippen LogP contribution in [0.5, 0.6) is 0 Å². The van der Waals surface area contributed by atoms with E-state index in [1.165, 1.54) is 6.92 Å². The molecule has 42 heavy (non-hydrogen) atoms. The molecule has 4 aliphatic rings. The van der Waals surface area contributed by atoms with Crippen molar-refractivity contribution >= 4 is 24.5 Å². The van der Waals surface area contributed by atoms with Gasteiger partial charge in [0.15, 0.2) is 0 Å². The lowest BCUT2D eigenvalue weighted by molar-refractivity contribution is -0.278. The van der Waals surface area contributed by atoms with Gasteiger partial charge in [0.05, 0.1) is 30.1 Å². The van der Waals surface area contributed by atoms with Crippen molar-refractivity contribution in [2.24, 2.45) is 28.1 Å². The minimum Gasteiger partial charge on any atom is -0.472 e. The molecule has 0 aromatic carbocycles. The zero-order valence-corrected chi connectivity index (χ0v) is 25.4. The van der Waals surface area contributed by atoms with E-state index in [2.05, 4.69) is 13.8 Å². The van der Waals surface area contributed by atoms with Crippen LogP contribution in [0.1, 0.15) is 79.2 Å². The van der Waals surface area contributed by atoms with E-state index < -0.39 is 64.4 Å². The van der Waals surface area contributed by atoms with Crippen LogP contribution in [0.25, 0.3) is 0 Å². The number of esters is 2. The van der Waals surface area contributed by atoms with Gasteiger partial charge in [-0.2, -0.15) is 0 Å². The second-order valence-corrected chi connectivity index (χ2v) is 13.3. The van der Waals surface area contributed by atoms with E-state index in [1.54, 1.807) is 39.4 Å². The van der Waals surface area contributed by atoms with Gasteiger partial charge in [0.2, 0.25) is 0 Å². The molecule has 1 aromatic rings. The molecule has 9 nitrogen and oxygen atoms in total. The van der Waals surface area contributed by atoms with E-state index in [0.29, 0.717) is 5.57 Å². The number of aliphatic hydroxyl groups excluding tert-OH is 1. The summed E-state index contributed by atoms with van der Waals surface area (Å²) in [5.41, 5.74) is 0.302. The van der Waals surface area contributed by atoms with Crippen molar-refractivity contribution in [3.8, 4) is 0 Å². The fourth-order valence-electron chi connectivity index (χ4n) is 9.30. The lowest BCUT2D eigenvalue weighted by Gasteiger charge is -2.66. The zero-order valence-electron chi connectivity index (χ0n) is 25.4. The largest absolute Gasteiger partial charge is 0.472 e. The third-order valence-electron chi connectivity index (χ3n) is 11.3. The highest BCUT2D eigenvalue weighted by molar-refractivity contribution is 5.87. The summed E-state index contributed by atoms with van der Waals surface area (Å²) in [7, 11) is 0. The first-order valence-corrected chi connectivity index (χ1v) is 14.8. The maximum Gasteiger partial charge on any atom is 0.333 e. The van der Waals surface area contributed by atoms with Crippen LogP contribution < -0.4 is 0 Å². The van der Waals surface area contributed by atoms with E-state index in [1.807, 2.05) is 13.0 Å². The average Bonchev–Trinajstić information content (AvgIpc) is 3.66. The van der Waals surface area contributed by atoms with E-state index in [-0.39, 0.29) is 24.9 Å². The summed E-state index contributed by atoms with van der Waals surface area (Å²) in [6.07, 6.45) is 3.28. The number of carbonyl (C=O) groups is 4. The Morgan fingerprint density at radius 2 is 1.88 bits per heavy atom. The SMILES string of the molecule is CC=C(C)C(=O)OC1CC(O)C(C)(C=O)C2C(OC(C)=O)C3OC4C(=C(C)CC4c4ccoc4)C3(C)C(CC=O)C12C. The molecule has 0 spiro atoms. The van der Waals surface area contributed by atoms with Crippen molar-refractivity contribution in [3.05, 3.63) is 47.0 Å². The molecule has 1 aliphatic heterocycles. The lowest BCUT2D eigenvalue weighted by atomic mass is 9.39.